The summed E-state index contributed by atoms with van der Waals surface area (Å²) in [5, 5.41) is 3.42. The van der Waals surface area contributed by atoms with Crippen molar-refractivity contribution in [1.82, 2.24) is 5.32 Å². The highest BCUT2D eigenvalue weighted by atomic mass is 32.2. The van der Waals surface area contributed by atoms with Crippen LogP contribution in [0.2, 0.25) is 0 Å². The minimum absolute atomic E-state index is 0.735. The molecule has 0 heterocycles. The monoisotopic (exact) mass is 297 g/mol. The summed E-state index contributed by atoms with van der Waals surface area (Å²) in [5.74, 6) is 2.84. The second kappa shape index (κ2) is 10.9. The van der Waals surface area contributed by atoms with E-state index in [2.05, 4.69) is 31.5 Å². The molecule has 20 heavy (non-hydrogen) atoms. The van der Waals surface area contributed by atoms with Gasteiger partial charge in [0, 0.05) is 23.9 Å². The lowest BCUT2D eigenvalue weighted by Gasteiger charge is -2.14. The quantitative estimate of drug-likeness (QED) is 0.631. The molecular weight excluding hydrogens is 270 g/mol. The number of ether oxygens (including phenoxy) is 2. The van der Waals surface area contributed by atoms with Gasteiger partial charge in [0.1, 0.15) is 11.5 Å². The van der Waals surface area contributed by atoms with Crippen molar-refractivity contribution in [1.29, 1.82) is 0 Å². The first-order valence-electron chi connectivity index (χ1n) is 7.40. The molecule has 114 valence electrons. The zero-order valence-corrected chi connectivity index (χ0v) is 13.7. The van der Waals surface area contributed by atoms with Crippen LogP contribution in [0.3, 0.4) is 0 Å². The Morgan fingerprint density at radius 1 is 1.10 bits per heavy atom. The molecule has 0 fully saturated rings. The molecular formula is C16H27NO2S. The van der Waals surface area contributed by atoms with Gasteiger partial charge in [-0.15, -0.1) is 0 Å². The minimum Gasteiger partial charge on any atom is -0.493 e. The summed E-state index contributed by atoms with van der Waals surface area (Å²) in [6, 6.07) is 6.14. The normalized spacial score (nSPS) is 10.6. The van der Waals surface area contributed by atoms with Gasteiger partial charge >= 0.3 is 0 Å². The molecule has 1 N–H and O–H groups in total. The van der Waals surface area contributed by atoms with E-state index in [-0.39, 0.29) is 0 Å². The zero-order chi connectivity index (χ0) is 14.6. The Morgan fingerprint density at radius 3 is 2.65 bits per heavy atom. The molecule has 3 nitrogen and oxygen atoms in total. The molecule has 0 aliphatic heterocycles. The number of benzene rings is 1. The predicted molar refractivity (Wildman–Crippen MR) is 88.1 cm³/mol. The van der Waals surface area contributed by atoms with Crippen molar-refractivity contribution in [3.63, 3.8) is 0 Å². The Morgan fingerprint density at radius 2 is 1.95 bits per heavy atom. The number of nitrogens with one attached hydrogen (secondary N) is 1. The Balaban J connectivity index is 2.68. The van der Waals surface area contributed by atoms with E-state index in [9.17, 15) is 0 Å². The molecule has 0 saturated carbocycles. The van der Waals surface area contributed by atoms with Gasteiger partial charge < -0.3 is 14.8 Å². The molecule has 0 aromatic heterocycles. The molecule has 0 unspecified atom stereocenters. The summed E-state index contributed by atoms with van der Waals surface area (Å²) >= 11 is 1.79. The van der Waals surface area contributed by atoms with Crippen molar-refractivity contribution in [3.05, 3.63) is 23.8 Å². The fourth-order valence-electron chi connectivity index (χ4n) is 1.76. The lowest BCUT2D eigenvalue weighted by atomic mass is 10.2. The van der Waals surface area contributed by atoms with E-state index in [1.807, 2.05) is 12.1 Å². The number of thioether (sulfide) groups is 1. The van der Waals surface area contributed by atoms with E-state index < -0.39 is 0 Å². The van der Waals surface area contributed by atoms with Gasteiger partial charge in [-0.2, -0.15) is 11.8 Å². The van der Waals surface area contributed by atoms with Crippen LogP contribution in [0.1, 0.15) is 32.3 Å². The maximum absolute atomic E-state index is 5.89. The third-order valence-corrected chi connectivity index (χ3v) is 3.37. The molecule has 0 saturated heterocycles. The van der Waals surface area contributed by atoms with Crippen LogP contribution in [0.15, 0.2) is 18.2 Å². The smallest absolute Gasteiger partial charge is 0.127 e. The van der Waals surface area contributed by atoms with Crippen molar-refractivity contribution >= 4 is 11.8 Å². The molecule has 0 aliphatic carbocycles. The van der Waals surface area contributed by atoms with Crippen molar-refractivity contribution in [2.75, 3.05) is 31.8 Å². The van der Waals surface area contributed by atoms with Crippen molar-refractivity contribution in [2.24, 2.45) is 0 Å². The number of hydrogen-bond donors (Lipinski definition) is 1. The van der Waals surface area contributed by atoms with E-state index in [4.69, 9.17) is 9.47 Å². The maximum Gasteiger partial charge on any atom is 0.127 e. The van der Waals surface area contributed by atoms with E-state index >= 15 is 0 Å². The lowest BCUT2D eigenvalue weighted by molar-refractivity contribution is 0.308. The second-order valence-electron chi connectivity index (χ2n) is 4.64. The van der Waals surface area contributed by atoms with Crippen LogP contribution in [0.4, 0.5) is 0 Å². The largest absolute Gasteiger partial charge is 0.493 e. The highest BCUT2D eigenvalue weighted by Gasteiger charge is 2.06. The predicted octanol–water partition coefficient (Wildman–Crippen LogP) is 3.72. The van der Waals surface area contributed by atoms with Gasteiger partial charge in [0.05, 0.1) is 13.2 Å². The molecule has 0 spiro atoms. The van der Waals surface area contributed by atoms with Gasteiger partial charge in [-0.25, -0.2) is 0 Å². The summed E-state index contributed by atoms with van der Waals surface area (Å²) in [6.07, 6.45) is 4.25. The van der Waals surface area contributed by atoms with Crippen LogP contribution in [0.25, 0.3) is 0 Å². The zero-order valence-electron chi connectivity index (χ0n) is 12.9. The summed E-state index contributed by atoms with van der Waals surface area (Å²) in [4.78, 5) is 0. The van der Waals surface area contributed by atoms with Gasteiger partial charge in [-0.3, -0.25) is 0 Å². The second-order valence-corrected chi connectivity index (χ2v) is 5.62. The van der Waals surface area contributed by atoms with Crippen molar-refractivity contribution < 1.29 is 9.47 Å². The summed E-state index contributed by atoms with van der Waals surface area (Å²) in [6.45, 7) is 7.63. The molecule has 0 radical (unpaired) electrons. The number of rotatable bonds is 11. The minimum atomic E-state index is 0.735. The van der Waals surface area contributed by atoms with Gasteiger partial charge in [0.15, 0.2) is 0 Å². The lowest BCUT2D eigenvalue weighted by Crippen LogP contribution is -2.15. The fraction of sp³-hybridized carbons (Fsp3) is 0.625. The molecule has 1 aromatic carbocycles. The van der Waals surface area contributed by atoms with E-state index in [1.165, 1.54) is 5.56 Å². The van der Waals surface area contributed by atoms with Crippen molar-refractivity contribution in [2.45, 2.75) is 33.2 Å². The summed E-state index contributed by atoms with van der Waals surface area (Å²) in [5.41, 5.74) is 1.20. The molecule has 0 bridgehead atoms. The fourth-order valence-corrected chi connectivity index (χ4v) is 2.01. The van der Waals surface area contributed by atoms with Crippen LogP contribution >= 0.6 is 11.8 Å². The van der Waals surface area contributed by atoms with Crippen LogP contribution in [0.5, 0.6) is 11.5 Å². The van der Waals surface area contributed by atoms with Gasteiger partial charge in [-0.05, 0) is 31.7 Å². The Hall–Kier alpha value is -0.870. The number of hydrogen-bond acceptors (Lipinski definition) is 4. The highest BCUT2D eigenvalue weighted by Crippen LogP contribution is 2.25. The van der Waals surface area contributed by atoms with Crippen LogP contribution in [-0.4, -0.2) is 31.8 Å². The Bertz CT molecular complexity index is 371. The molecule has 0 amide bonds. The SMILES string of the molecule is CCCNCc1ccc(OCCC)cc1OCCSC. The van der Waals surface area contributed by atoms with Gasteiger partial charge in [-0.1, -0.05) is 19.9 Å². The van der Waals surface area contributed by atoms with E-state index in [0.29, 0.717) is 0 Å². The first kappa shape index (κ1) is 17.2. The van der Waals surface area contributed by atoms with E-state index in [1.54, 1.807) is 11.8 Å². The molecule has 0 atom stereocenters. The first-order valence-corrected chi connectivity index (χ1v) is 8.79. The van der Waals surface area contributed by atoms with Crippen LogP contribution < -0.4 is 14.8 Å². The summed E-state index contributed by atoms with van der Waals surface area (Å²) < 4.78 is 11.6. The van der Waals surface area contributed by atoms with E-state index in [0.717, 1.165) is 56.4 Å². The van der Waals surface area contributed by atoms with Gasteiger partial charge in [0.2, 0.25) is 0 Å². The average Bonchev–Trinajstić information content (AvgIpc) is 2.47. The molecule has 1 aromatic rings. The highest BCUT2D eigenvalue weighted by molar-refractivity contribution is 7.98. The maximum atomic E-state index is 5.89. The third-order valence-electron chi connectivity index (χ3n) is 2.80. The Labute approximate surface area is 127 Å². The van der Waals surface area contributed by atoms with Gasteiger partial charge in [0.25, 0.3) is 0 Å². The molecule has 0 aliphatic rings. The summed E-state index contributed by atoms with van der Waals surface area (Å²) in [7, 11) is 0. The van der Waals surface area contributed by atoms with Crippen molar-refractivity contribution in [3.8, 4) is 11.5 Å². The standard InChI is InChI=1S/C16H27NO2S/c1-4-8-17-13-14-6-7-15(18-9-5-2)12-16(14)19-10-11-20-3/h6-7,12,17H,4-5,8-11,13H2,1-3H3. The van der Waals surface area contributed by atoms with Crippen LogP contribution in [0, 0.1) is 0 Å². The first-order chi connectivity index (χ1) is 9.81. The average molecular weight is 297 g/mol. The third kappa shape index (κ3) is 6.53. The molecule has 1 rings (SSSR count). The molecule has 4 heteroatoms. The van der Waals surface area contributed by atoms with Crippen LogP contribution in [-0.2, 0) is 6.54 Å². The Kier molecular flexibility index (Phi) is 9.33. The topological polar surface area (TPSA) is 30.5 Å².